The molecule has 0 unspecified atom stereocenters. The van der Waals surface area contributed by atoms with Crippen LogP contribution in [0.5, 0.6) is 0 Å². The van der Waals surface area contributed by atoms with Crippen LogP contribution in [-0.2, 0) is 23.2 Å². The molecule has 194 valence electrons. The predicted octanol–water partition coefficient (Wildman–Crippen LogP) is 6.35. The first-order valence-electron chi connectivity index (χ1n) is 13.3. The van der Waals surface area contributed by atoms with Crippen LogP contribution in [0.3, 0.4) is 0 Å². The maximum Gasteiger partial charge on any atom is 0.258 e. The molecule has 2 heterocycles. The van der Waals surface area contributed by atoms with E-state index in [9.17, 15) is 9.59 Å². The van der Waals surface area contributed by atoms with Gasteiger partial charge in [-0.2, -0.15) is 0 Å². The second-order valence-corrected chi connectivity index (χ2v) is 11.4. The Morgan fingerprint density at radius 3 is 2.61 bits per heavy atom. The van der Waals surface area contributed by atoms with E-state index < -0.39 is 0 Å². The SMILES string of the molecule is Cc1ccc(NC(=O)CSc2nc3c(c(=O)n2Cc2ccco2)C2(CCCCC2)Cc2ccccc2-3)cc1. The van der Waals surface area contributed by atoms with E-state index >= 15 is 0 Å². The Morgan fingerprint density at radius 2 is 1.84 bits per heavy atom. The summed E-state index contributed by atoms with van der Waals surface area (Å²) in [6.45, 7) is 2.29. The number of thioether (sulfide) groups is 1. The molecule has 1 fully saturated rings. The van der Waals surface area contributed by atoms with E-state index in [0.29, 0.717) is 10.9 Å². The second kappa shape index (κ2) is 10.3. The molecule has 2 aliphatic rings. The number of carbonyl (C=O) groups is 1. The van der Waals surface area contributed by atoms with Crippen molar-refractivity contribution in [3.05, 3.63) is 99.7 Å². The lowest BCUT2D eigenvalue weighted by Gasteiger charge is -2.42. The van der Waals surface area contributed by atoms with Crippen molar-refractivity contribution in [3.63, 3.8) is 0 Å². The van der Waals surface area contributed by atoms with E-state index in [1.165, 1.54) is 23.7 Å². The fourth-order valence-corrected chi connectivity index (χ4v) is 6.79. The number of hydrogen-bond donors (Lipinski definition) is 1. The first-order valence-corrected chi connectivity index (χ1v) is 14.3. The quantitative estimate of drug-likeness (QED) is 0.235. The maximum atomic E-state index is 14.4. The normalized spacial score (nSPS) is 15.6. The molecule has 7 heteroatoms. The molecular formula is C31H31N3O3S. The second-order valence-electron chi connectivity index (χ2n) is 10.5. The zero-order chi connectivity index (χ0) is 26.1. The Balaban J connectivity index is 1.41. The van der Waals surface area contributed by atoms with Crippen LogP contribution in [0.15, 0.2) is 81.3 Å². The van der Waals surface area contributed by atoms with Crippen molar-refractivity contribution in [2.45, 2.75) is 62.6 Å². The van der Waals surface area contributed by atoms with Gasteiger partial charge in [0.25, 0.3) is 5.56 Å². The molecule has 6 nitrogen and oxygen atoms in total. The number of nitrogens with one attached hydrogen (secondary N) is 1. The fourth-order valence-electron chi connectivity index (χ4n) is 5.99. The number of anilines is 1. The third kappa shape index (κ3) is 4.71. The van der Waals surface area contributed by atoms with Gasteiger partial charge in [-0.25, -0.2) is 4.98 Å². The van der Waals surface area contributed by atoms with Crippen molar-refractivity contribution in [2.75, 3.05) is 11.1 Å². The predicted molar refractivity (Wildman–Crippen MR) is 151 cm³/mol. The summed E-state index contributed by atoms with van der Waals surface area (Å²) in [6.07, 6.45) is 7.93. The first-order chi connectivity index (χ1) is 18.5. The Kier molecular flexibility index (Phi) is 6.70. The Labute approximate surface area is 226 Å². The van der Waals surface area contributed by atoms with Crippen LogP contribution < -0.4 is 10.9 Å². The molecule has 6 rings (SSSR count). The molecule has 0 radical (unpaired) electrons. The third-order valence-electron chi connectivity index (χ3n) is 7.84. The third-order valence-corrected chi connectivity index (χ3v) is 8.81. The number of furan rings is 1. The molecular weight excluding hydrogens is 494 g/mol. The molecule has 4 aromatic rings. The molecule has 38 heavy (non-hydrogen) atoms. The summed E-state index contributed by atoms with van der Waals surface area (Å²) in [7, 11) is 0. The minimum Gasteiger partial charge on any atom is -0.467 e. The maximum absolute atomic E-state index is 14.4. The number of hydrogen-bond acceptors (Lipinski definition) is 5. The van der Waals surface area contributed by atoms with Crippen LogP contribution in [-0.4, -0.2) is 21.2 Å². The number of aryl methyl sites for hydroxylation is 1. The van der Waals surface area contributed by atoms with Crippen molar-refractivity contribution in [1.82, 2.24) is 9.55 Å². The van der Waals surface area contributed by atoms with Gasteiger partial charge in [0.05, 0.1) is 29.8 Å². The summed E-state index contributed by atoms with van der Waals surface area (Å²) < 4.78 is 7.34. The summed E-state index contributed by atoms with van der Waals surface area (Å²) in [5, 5.41) is 3.48. The van der Waals surface area contributed by atoms with Gasteiger partial charge in [0.1, 0.15) is 5.76 Å². The van der Waals surface area contributed by atoms with Gasteiger partial charge in [0.15, 0.2) is 5.16 Å². The summed E-state index contributed by atoms with van der Waals surface area (Å²) in [4.78, 5) is 32.4. The van der Waals surface area contributed by atoms with E-state index in [0.717, 1.165) is 60.2 Å². The van der Waals surface area contributed by atoms with Crippen LogP contribution in [0, 0.1) is 6.92 Å². The Morgan fingerprint density at radius 1 is 1.05 bits per heavy atom. The van der Waals surface area contributed by atoms with E-state index in [-0.39, 0.29) is 29.2 Å². The van der Waals surface area contributed by atoms with E-state index in [1.54, 1.807) is 10.8 Å². The summed E-state index contributed by atoms with van der Waals surface area (Å²) in [5.74, 6) is 0.692. The minimum absolute atomic E-state index is 0.00996. The van der Waals surface area contributed by atoms with Crippen LogP contribution in [0.1, 0.15) is 54.6 Å². The van der Waals surface area contributed by atoms with E-state index in [2.05, 4.69) is 23.5 Å². The molecule has 0 atom stereocenters. The zero-order valence-electron chi connectivity index (χ0n) is 21.5. The monoisotopic (exact) mass is 525 g/mol. The highest BCUT2D eigenvalue weighted by molar-refractivity contribution is 7.99. The number of aromatic nitrogens is 2. The molecule has 0 aliphatic heterocycles. The largest absolute Gasteiger partial charge is 0.467 e. The summed E-state index contributed by atoms with van der Waals surface area (Å²) >= 11 is 1.29. The molecule has 0 bridgehead atoms. The molecule has 2 aromatic heterocycles. The number of rotatable bonds is 6. The number of fused-ring (bicyclic) bond motifs is 4. The zero-order valence-corrected chi connectivity index (χ0v) is 22.4. The average molecular weight is 526 g/mol. The lowest BCUT2D eigenvalue weighted by Crippen LogP contribution is -2.43. The van der Waals surface area contributed by atoms with Gasteiger partial charge < -0.3 is 9.73 Å². The summed E-state index contributed by atoms with van der Waals surface area (Å²) in [5.41, 5.74) is 5.60. The highest BCUT2D eigenvalue weighted by Gasteiger charge is 2.43. The Bertz CT molecular complexity index is 1520. The van der Waals surface area contributed by atoms with Gasteiger partial charge in [0, 0.05) is 16.7 Å². The molecule has 2 aliphatic carbocycles. The molecule has 1 spiro atoms. The van der Waals surface area contributed by atoms with Crippen molar-refractivity contribution >= 4 is 23.4 Å². The van der Waals surface area contributed by atoms with Crippen LogP contribution >= 0.6 is 11.8 Å². The number of nitrogens with zero attached hydrogens (tertiary/aromatic N) is 2. The van der Waals surface area contributed by atoms with Gasteiger partial charge in [-0.3, -0.25) is 14.2 Å². The fraction of sp³-hybridized carbons (Fsp3) is 0.323. The van der Waals surface area contributed by atoms with Crippen LogP contribution in [0.25, 0.3) is 11.3 Å². The highest BCUT2D eigenvalue weighted by Crippen LogP contribution is 2.48. The molecule has 0 saturated heterocycles. The van der Waals surface area contributed by atoms with Crippen molar-refractivity contribution in [3.8, 4) is 11.3 Å². The van der Waals surface area contributed by atoms with E-state index in [1.807, 2.05) is 49.4 Å². The van der Waals surface area contributed by atoms with Gasteiger partial charge in [-0.1, -0.05) is 73.0 Å². The van der Waals surface area contributed by atoms with Crippen molar-refractivity contribution in [1.29, 1.82) is 0 Å². The topological polar surface area (TPSA) is 77.1 Å². The molecule has 2 aromatic carbocycles. The number of amides is 1. The minimum atomic E-state index is -0.192. The Hall–Kier alpha value is -3.58. The van der Waals surface area contributed by atoms with Gasteiger partial charge >= 0.3 is 0 Å². The van der Waals surface area contributed by atoms with Gasteiger partial charge in [-0.15, -0.1) is 0 Å². The van der Waals surface area contributed by atoms with Crippen molar-refractivity contribution in [2.24, 2.45) is 0 Å². The molecule has 1 amide bonds. The van der Waals surface area contributed by atoms with Gasteiger partial charge in [-0.05, 0) is 56.0 Å². The van der Waals surface area contributed by atoms with Crippen LogP contribution in [0.2, 0.25) is 0 Å². The van der Waals surface area contributed by atoms with Crippen molar-refractivity contribution < 1.29 is 9.21 Å². The van der Waals surface area contributed by atoms with Crippen LogP contribution in [0.4, 0.5) is 5.69 Å². The highest BCUT2D eigenvalue weighted by atomic mass is 32.2. The number of benzene rings is 2. The average Bonchev–Trinajstić information content (AvgIpc) is 3.44. The first kappa shape index (κ1) is 24.7. The van der Waals surface area contributed by atoms with Gasteiger partial charge in [0.2, 0.25) is 5.91 Å². The lowest BCUT2D eigenvalue weighted by molar-refractivity contribution is -0.113. The van der Waals surface area contributed by atoms with E-state index in [4.69, 9.17) is 9.40 Å². The number of carbonyl (C=O) groups excluding carboxylic acids is 1. The smallest absolute Gasteiger partial charge is 0.258 e. The lowest BCUT2D eigenvalue weighted by atomic mass is 9.62. The summed E-state index contributed by atoms with van der Waals surface area (Å²) in [6, 6.07) is 19.7. The molecule has 1 saturated carbocycles. The molecule has 1 N–H and O–H groups in total. The standard InChI is InChI=1S/C31H31N3O3S/c1-21-11-13-23(14-12-21)32-26(35)20-38-30-33-28-25-10-4-3-8-22(25)18-31(15-5-2-6-16-31)27(28)29(36)34(30)19-24-9-7-17-37-24/h3-4,7-14,17H,2,5-6,15-16,18-20H2,1H3,(H,32,35).